The summed E-state index contributed by atoms with van der Waals surface area (Å²) in [5.41, 5.74) is 2.68. The van der Waals surface area contributed by atoms with Gasteiger partial charge in [0.1, 0.15) is 0 Å². The molecule has 1 saturated heterocycles. The Kier molecular flexibility index (Phi) is 4.38. The highest BCUT2D eigenvalue weighted by molar-refractivity contribution is 5.47. The third-order valence-electron chi connectivity index (χ3n) is 3.89. The molecule has 0 unspecified atom stereocenters. The largest absolute Gasteiger partial charge is 0.306 e. The third kappa shape index (κ3) is 3.71. The molecule has 1 aliphatic rings. The van der Waals surface area contributed by atoms with E-state index in [1.54, 1.807) is 0 Å². The van der Waals surface area contributed by atoms with Gasteiger partial charge in [-0.2, -0.15) is 0 Å². The van der Waals surface area contributed by atoms with E-state index in [1.807, 2.05) is 6.08 Å². The number of piperidine rings is 1. The first kappa shape index (κ1) is 12.4. The van der Waals surface area contributed by atoms with Crippen LogP contribution in [0.2, 0.25) is 0 Å². The third-order valence-corrected chi connectivity index (χ3v) is 3.89. The van der Waals surface area contributed by atoms with E-state index in [1.165, 1.54) is 49.9 Å². The number of rotatable bonds is 4. The Morgan fingerprint density at radius 1 is 1.24 bits per heavy atom. The number of nitrogens with zero attached hydrogens (tertiary/aromatic N) is 1. The molecule has 0 bridgehead atoms. The van der Waals surface area contributed by atoms with Gasteiger partial charge < -0.3 is 4.90 Å². The van der Waals surface area contributed by atoms with Gasteiger partial charge in [0.05, 0.1) is 0 Å². The molecule has 1 heteroatoms. The van der Waals surface area contributed by atoms with Crippen molar-refractivity contribution in [3.63, 3.8) is 0 Å². The summed E-state index contributed by atoms with van der Waals surface area (Å²) in [4.78, 5) is 2.44. The maximum absolute atomic E-state index is 3.78. The Bertz CT molecular complexity index is 344. The van der Waals surface area contributed by atoms with E-state index in [9.17, 15) is 0 Å². The van der Waals surface area contributed by atoms with Crippen molar-refractivity contribution >= 4 is 6.08 Å². The lowest BCUT2D eigenvalue weighted by atomic mass is 9.90. The van der Waals surface area contributed by atoms with Crippen molar-refractivity contribution in [3.8, 4) is 0 Å². The average molecular weight is 229 g/mol. The van der Waals surface area contributed by atoms with Crippen LogP contribution in [-0.4, -0.2) is 25.0 Å². The summed E-state index contributed by atoms with van der Waals surface area (Å²) in [7, 11) is 2.23. The molecule has 0 saturated carbocycles. The van der Waals surface area contributed by atoms with Gasteiger partial charge in [0, 0.05) is 0 Å². The first-order valence-electron chi connectivity index (χ1n) is 6.68. The van der Waals surface area contributed by atoms with E-state index in [2.05, 4.69) is 42.8 Å². The van der Waals surface area contributed by atoms with Crippen LogP contribution in [0.3, 0.4) is 0 Å². The highest BCUT2D eigenvalue weighted by atomic mass is 15.1. The molecule has 1 aliphatic heterocycles. The summed E-state index contributed by atoms with van der Waals surface area (Å²) >= 11 is 0. The molecule has 0 amide bonds. The summed E-state index contributed by atoms with van der Waals surface area (Å²) in [5, 5.41) is 0. The predicted octanol–water partition coefficient (Wildman–Crippen LogP) is 3.60. The molecule has 0 atom stereocenters. The van der Waals surface area contributed by atoms with Crippen LogP contribution in [0.5, 0.6) is 0 Å². The van der Waals surface area contributed by atoms with Crippen LogP contribution >= 0.6 is 0 Å². The van der Waals surface area contributed by atoms with Crippen LogP contribution in [0.4, 0.5) is 0 Å². The molecule has 0 radical (unpaired) electrons. The molecular formula is C16H23N. The zero-order valence-electron chi connectivity index (χ0n) is 10.9. The molecule has 1 fully saturated rings. The van der Waals surface area contributed by atoms with Gasteiger partial charge in [-0.15, -0.1) is 0 Å². The summed E-state index contributed by atoms with van der Waals surface area (Å²) in [6.45, 7) is 6.34. The Hall–Kier alpha value is -1.08. The van der Waals surface area contributed by atoms with Crippen molar-refractivity contribution in [2.45, 2.75) is 25.7 Å². The van der Waals surface area contributed by atoms with Gasteiger partial charge in [-0.1, -0.05) is 36.9 Å². The van der Waals surface area contributed by atoms with Crippen molar-refractivity contribution in [2.24, 2.45) is 5.92 Å². The topological polar surface area (TPSA) is 3.24 Å². The number of benzene rings is 1. The van der Waals surface area contributed by atoms with Gasteiger partial charge >= 0.3 is 0 Å². The molecular weight excluding hydrogens is 206 g/mol. The summed E-state index contributed by atoms with van der Waals surface area (Å²) < 4.78 is 0. The number of hydrogen-bond donors (Lipinski definition) is 0. The van der Waals surface area contributed by atoms with E-state index >= 15 is 0 Å². The molecule has 1 aromatic carbocycles. The van der Waals surface area contributed by atoms with E-state index in [0.717, 1.165) is 5.92 Å². The molecule has 0 N–H and O–H groups in total. The van der Waals surface area contributed by atoms with Crippen molar-refractivity contribution in [1.29, 1.82) is 0 Å². The first-order valence-corrected chi connectivity index (χ1v) is 6.68. The van der Waals surface area contributed by atoms with Crippen LogP contribution in [0.25, 0.3) is 6.08 Å². The molecule has 2 rings (SSSR count). The Labute approximate surface area is 105 Å². The minimum atomic E-state index is 0.935. The maximum atomic E-state index is 3.78. The van der Waals surface area contributed by atoms with Crippen LogP contribution in [0, 0.1) is 5.92 Å². The van der Waals surface area contributed by atoms with E-state index in [4.69, 9.17) is 0 Å². The lowest BCUT2D eigenvalue weighted by Gasteiger charge is -2.28. The van der Waals surface area contributed by atoms with Crippen molar-refractivity contribution in [1.82, 2.24) is 4.90 Å². The van der Waals surface area contributed by atoms with Crippen LogP contribution < -0.4 is 0 Å². The lowest BCUT2D eigenvalue weighted by Crippen LogP contribution is -2.30. The van der Waals surface area contributed by atoms with Gasteiger partial charge in [-0.05, 0) is 62.9 Å². The quantitative estimate of drug-likeness (QED) is 0.762. The SMILES string of the molecule is C=Cc1ccc(CCC2CCN(C)CC2)cc1. The van der Waals surface area contributed by atoms with Gasteiger partial charge in [0.15, 0.2) is 0 Å². The molecule has 0 aliphatic carbocycles. The van der Waals surface area contributed by atoms with Crippen molar-refractivity contribution in [3.05, 3.63) is 42.0 Å². The zero-order chi connectivity index (χ0) is 12.1. The van der Waals surface area contributed by atoms with Crippen molar-refractivity contribution < 1.29 is 0 Å². The molecule has 1 aromatic rings. The smallest absolute Gasteiger partial charge is 0.00191 e. The predicted molar refractivity (Wildman–Crippen MR) is 75.1 cm³/mol. The van der Waals surface area contributed by atoms with E-state index in [-0.39, 0.29) is 0 Å². The van der Waals surface area contributed by atoms with Crippen LogP contribution in [0.15, 0.2) is 30.8 Å². The summed E-state index contributed by atoms with van der Waals surface area (Å²) in [5.74, 6) is 0.935. The van der Waals surface area contributed by atoms with E-state index < -0.39 is 0 Å². The fraction of sp³-hybridized carbons (Fsp3) is 0.500. The average Bonchev–Trinajstić information content (AvgIpc) is 2.39. The fourth-order valence-corrected chi connectivity index (χ4v) is 2.54. The fourth-order valence-electron chi connectivity index (χ4n) is 2.54. The number of hydrogen-bond acceptors (Lipinski definition) is 1. The van der Waals surface area contributed by atoms with Gasteiger partial charge in [-0.25, -0.2) is 0 Å². The zero-order valence-corrected chi connectivity index (χ0v) is 10.9. The Morgan fingerprint density at radius 2 is 1.88 bits per heavy atom. The van der Waals surface area contributed by atoms with Gasteiger partial charge in [-0.3, -0.25) is 0 Å². The Balaban J connectivity index is 1.79. The summed E-state index contributed by atoms with van der Waals surface area (Å²) in [6, 6.07) is 8.81. The second-order valence-corrected chi connectivity index (χ2v) is 5.23. The highest BCUT2D eigenvalue weighted by Gasteiger charge is 2.15. The number of aryl methyl sites for hydroxylation is 1. The maximum Gasteiger partial charge on any atom is -0.00191 e. The molecule has 1 heterocycles. The second-order valence-electron chi connectivity index (χ2n) is 5.23. The van der Waals surface area contributed by atoms with Crippen LogP contribution in [-0.2, 0) is 6.42 Å². The first-order chi connectivity index (χ1) is 8.28. The van der Waals surface area contributed by atoms with Crippen molar-refractivity contribution in [2.75, 3.05) is 20.1 Å². The molecule has 17 heavy (non-hydrogen) atoms. The number of likely N-dealkylation sites (tertiary alicyclic amines) is 1. The monoisotopic (exact) mass is 229 g/mol. The highest BCUT2D eigenvalue weighted by Crippen LogP contribution is 2.21. The molecule has 92 valence electrons. The van der Waals surface area contributed by atoms with Gasteiger partial charge in [0.2, 0.25) is 0 Å². The van der Waals surface area contributed by atoms with E-state index in [0.29, 0.717) is 0 Å². The normalized spacial score (nSPS) is 18.2. The Morgan fingerprint density at radius 3 is 2.47 bits per heavy atom. The lowest BCUT2D eigenvalue weighted by molar-refractivity contribution is 0.212. The minimum absolute atomic E-state index is 0.935. The van der Waals surface area contributed by atoms with Crippen LogP contribution in [0.1, 0.15) is 30.4 Å². The standard InChI is InChI=1S/C16H23N/c1-3-14-4-6-15(7-5-14)8-9-16-10-12-17(2)13-11-16/h3-7,16H,1,8-13H2,2H3. The summed E-state index contributed by atoms with van der Waals surface area (Å²) in [6.07, 6.45) is 7.23. The molecule has 0 aromatic heterocycles. The van der Waals surface area contributed by atoms with Gasteiger partial charge in [0.25, 0.3) is 0 Å². The second kappa shape index (κ2) is 6.02. The minimum Gasteiger partial charge on any atom is -0.306 e. The molecule has 0 spiro atoms. The molecule has 1 nitrogen and oxygen atoms in total.